The van der Waals surface area contributed by atoms with Crippen LogP contribution in [0.25, 0.3) is 0 Å². The molecule has 1 amide bonds. The van der Waals surface area contributed by atoms with Crippen molar-refractivity contribution in [2.75, 3.05) is 19.6 Å². The van der Waals surface area contributed by atoms with Crippen molar-refractivity contribution in [3.8, 4) is 0 Å². The number of rotatable bonds is 5. The number of hydrogen-bond acceptors (Lipinski definition) is 3. The van der Waals surface area contributed by atoms with Crippen molar-refractivity contribution < 1.29 is 14.7 Å². The molecular weight excluding hydrogens is 304 g/mol. The monoisotopic (exact) mass is 332 g/mol. The van der Waals surface area contributed by atoms with Gasteiger partial charge in [0.15, 0.2) is 0 Å². The molecule has 0 spiro atoms. The van der Waals surface area contributed by atoms with Gasteiger partial charge in [-0.25, -0.2) is 0 Å². The average molecular weight is 332 g/mol. The molecule has 5 heteroatoms. The Kier molecular flexibility index (Phi) is 6.37. The highest BCUT2D eigenvalue weighted by Gasteiger charge is 2.26. The van der Waals surface area contributed by atoms with Crippen LogP contribution in [-0.2, 0) is 16.1 Å². The molecule has 0 radical (unpaired) electrons. The van der Waals surface area contributed by atoms with Gasteiger partial charge in [-0.05, 0) is 56.3 Å². The molecule has 1 aliphatic heterocycles. The molecule has 1 aliphatic rings. The molecule has 1 saturated heterocycles. The number of benzene rings is 1. The summed E-state index contributed by atoms with van der Waals surface area (Å²) in [5.74, 6) is -1.09. The lowest BCUT2D eigenvalue weighted by Crippen LogP contribution is -2.42. The zero-order valence-electron chi connectivity index (χ0n) is 14.9. The van der Waals surface area contributed by atoms with Gasteiger partial charge in [-0.15, -0.1) is 0 Å². The fraction of sp³-hybridized carbons (Fsp3) is 0.579. The molecule has 1 atom stereocenters. The molecule has 2 rings (SSSR count). The predicted octanol–water partition coefficient (Wildman–Crippen LogP) is 2.59. The first kappa shape index (κ1) is 18.5. The van der Waals surface area contributed by atoms with Crippen LogP contribution in [0.5, 0.6) is 0 Å². The topological polar surface area (TPSA) is 60.9 Å². The van der Waals surface area contributed by atoms with Crippen LogP contribution in [0, 0.1) is 13.8 Å². The Bertz CT molecular complexity index is 580. The predicted molar refractivity (Wildman–Crippen MR) is 93.9 cm³/mol. The summed E-state index contributed by atoms with van der Waals surface area (Å²) in [6.07, 6.45) is 2.69. The van der Waals surface area contributed by atoms with E-state index >= 15 is 0 Å². The number of carboxylic acid groups (broad SMARTS) is 1. The molecule has 132 valence electrons. The van der Waals surface area contributed by atoms with Crippen molar-refractivity contribution in [3.63, 3.8) is 0 Å². The summed E-state index contributed by atoms with van der Waals surface area (Å²) in [7, 11) is 0. The number of amides is 1. The van der Waals surface area contributed by atoms with Gasteiger partial charge in [0.25, 0.3) is 0 Å². The van der Waals surface area contributed by atoms with E-state index in [1.54, 1.807) is 0 Å². The van der Waals surface area contributed by atoms with Gasteiger partial charge in [-0.3, -0.25) is 14.5 Å². The van der Waals surface area contributed by atoms with E-state index in [9.17, 15) is 9.59 Å². The highest BCUT2D eigenvalue weighted by atomic mass is 16.4. The molecule has 0 bridgehead atoms. The third-order valence-corrected chi connectivity index (χ3v) is 4.97. The van der Waals surface area contributed by atoms with Crippen molar-refractivity contribution in [3.05, 3.63) is 34.9 Å². The fourth-order valence-electron chi connectivity index (χ4n) is 3.57. The number of carboxylic acids is 1. The second-order valence-corrected chi connectivity index (χ2v) is 6.77. The van der Waals surface area contributed by atoms with Gasteiger partial charge in [0.05, 0.1) is 0 Å². The van der Waals surface area contributed by atoms with Crippen LogP contribution in [-0.4, -0.2) is 52.5 Å². The lowest BCUT2D eigenvalue weighted by Gasteiger charge is -2.29. The van der Waals surface area contributed by atoms with Crippen LogP contribution in [0.3, 0.4) is 0 Å². The highest BCUT2D eigenvalue weighted by Crippen LogP contribution is 2.21. The minimum absolute atomic E-state index is 0.0292. The molecule has 0 aliphatic carbocycles. The van der Waals surface area contributed by atoms with Crippen LogP contribution in [0.1, 0.15) is 42.9 Å². The van der Waals surface area contributed by atoms with E-state index < -0.39 is 5.97 Å². The van der Waals surface area contributed by atoms with Gasteiger partial charge < -0.3 is 10.0 Å². The first-order valence-electron chi connectivity index (χ1n) is 8.65. The van der Waals surface area contributed by atoms with Gasteiger partial charge in [-0.1, -0.05) is 18.2 Å². The minimum Gasteiger partial charge on any atom is -0.480 e. The van der Waals surface area contributed by atoms with Crippen LogP contribution in [0.4, 0.5) is 0 Å². The molecule has 1 fully saturated rings. The van der Waals surface area contributed by atoms with Crippen LogP contribution in [0.15, 0.2) is 18.2 Å². The number of carbonyl (C=O) groups excluding carboxylic acids is 1. The Morgan fingerprint density at radius 2 is 1.88 bits per heavy atom. The first-order valence-corrected chi connectivity index (χ1v) is 8.65. The summed E-state index contributed by atoms with van der Waals surface area (Å²) in [6, 6.07) is 6.41. The Morgan fingerprint density at radius 3 is 2.46 bits per heavy atom. The number of nitrogens with zero attached hydrogens (tertiary/aromatic N) is 2. The van der Waals surface area contributed by atoms with E-state index in [1.165, 1.54) is 28.5 Å². The smallest absolute Gasteiger partial charge is 0.323 e. The molecule has 24 heavy (non-hydrogen) atoms. The Labute approximate surface area is 144 Å². The normalized spacial score (nSPS) is 18.9. The first-order chi connectivity index (χ1) is 11.4. The van der Waals surface area contributed by atoms with E-state index in [-0.39, 0.29) is 18.5 Å². The standard InChI is InChI=1S/C19H28N2O3/c1-14-6-4-7-15(2)18(14)12-20-10-5-8-17(9-11-20)21(16(3)22)13-19(23)24/h4,6-7,17H,5,8-13H2,1-3H3,(H,23,24). The van der Waals surface area contributed by atoms with Crippen molar-refractivity contribution in [2.24, 2.45) is 0 Å². The van der Waals surface area contributed by atoms with E-state index in [0.29, 0.717) is 0 Å². The van der Waals surface area contributed by atoms with Gasteiger partial charge in [0.1, 0.15) is 6.54 Å². The minimum atomic E-state index is -0.943. The number of carbonyl (C=O) groups is 2. The van der Waals surface area contributed by atoms with Crippen molar-refractivity contribution in [1.29, 1.82) is 0 Å². The lowest BCUT2D eigenvalue weighted by molar-refractivity contribution is -0.145. The van der Waals surface area contributed by atoms with Crippen LogP contribution < -0.4 is 0 Å². The van der Waals surface area contributed by atoms with Crippen LogP contribution >= 0.6 is 0 Å². The lowest BCUT2D eigenvalue weighted by atomic mass is 10.0. The molecular formula is C19H28N2O3. The summed E-state index contributed by atoms with van der Waals surface area (Å²) < 4.78 is 0. The molecule has 1 heterocycles. The van der Waals surface area contributed by atoms with Gasteiger partial charge >= 0.3 is 5.97 Å². The zero-order valence-corrected chi connectivity index (χ0v) is 14.9. The molecule has 0 aromatic heterocycles. The second-order valence-electron chi connectivity index (χ2n) is 6.77. The number of likely N-dealkylation sites (tertiary alicyclic amines) is 1. The highest BCUT2D eigenvalue weighted by molar-refractivity contribution is 5.79. The third kappa shape index (κ3) is 4.81. The zero-order chi connectivity index (χ0) is 17.7. The van der Waals surface area contributed by atoms with Crippen molar-refractivity contribution in [1.82, 2.24) is 9.80 Å². The summed E-state index contributed by atoms with van der Waals surface area (Å²) in [5.41, 5.74) is 4.00. The van der Waals surface area contributed by atoms with E-state index in [2.05, 4.69) is 36.9 Å². The summed E-state index contributed by atoms with van der Waals surface area (Å²) in [4.78, 5) is 26.8. The molecule has 1 N–H and O–H groups in total. The number of aryl methyl sites for hydroxylation is 2. The maximum atomic E-state index is 11.8. The molecule has 0 saturated carbocycles. The maximum absolute atomic E-state index is 11.8. The molecule has 1 aromatic rings. The SMILES string of the molecule is CC(=O)N(CC(=O)O)C1CCCN(Cc2c(C)cccc2C)CC1. The van der Waals surface area contributed by atoms with E-state index in [1.807, 2.05) is 0 Å². The second kappa shape index (κ2) is 8.29. The van der Waals surface area contributed by atoms with Crippen molar-refractivity contribution >= 4 is 11.9 Å². The molecule has 1 aromatic carbocycles. The Hall–Kier alpha value is -1.88. The molecule has 5 nitrogen and oxygen atoms in total. The van der Waals surface area contributed by atoms with Gasteiger partial charge in [-0.2, -0.15) is 0 Å². The summed E-state index contributed by atoms with van der Waals surface area (Å²) >= 11 is 0. The molecule has 1 unspecified atom stereocenters. The van der Waals surface area contributed by atoms with Crippen LogP contribution in [0.2, 0.25) is 0 Å². The Balaban J connectivity index is 2.02. The van der Waals surface area contributed by atoms with Gasteiger partial charge in [0.2, 0.25) is 5.91 Å². The average Bonchev–Trinajstić information content (AvgIpc) is 2.74. The third-order valence-electron chi connectivity index (χ3n) is 4.97. The number of aliphatic carboxylic acids is 1. The Morgan fingerprint density at radius 1 is 1.21 bits per heavy atom. The quantitative estimate of drug-likeness (QED) is 0.900. The fourth-order valence-corrected chi connectivity index (χ4v) is 3.57. The largest absolute Gasteiger partial charge is 0.480 e. The summed E-state index contributed by atoms with van der Waals surface area (Å²) in [5, 5.41) is 9.04. The van der Waals surface area contributed by atoms with Gasteiger partial charge in [0, 0.05) is 26.1 Å². The van der Waals surface area contributed by atoms with E-state index in [0.717, 1.165) is 38.9 Å². The summed E-state index contributed by atoms with van der Waals surface area (Å²) in [6.45, 7) is 8.36. The van der Waals surface area contributed by atoms with Crippen molar-refractivity contribution in [2.45, 2.75) is 52.6 Å². The maximum Gasteiger partial charge on any atom is 0.323 e. The number of hydrogen-bond donors (Lipinski definition) is 1. The van der Waals surface area contributed by atoms with E-state index in [4.69, 9.17) is 5.11 Å².